The first-order chi connectivity index (χ1) is 8.28. The second-order valence-corrected chi connectivity index (χ2v) is 5.60. The Morgan fingerprint density at radius 3 is 2.71 bits per heavy atom. The normalized spacial score (nSPS) is 36.0. The van der Waals surface area contributed by atoms with E-state index in [1.54, 1.807) is 0 Å². The van der Waals surface area contributed by atoms with Crippen LogP contribution in [0.5, 0.6) is 0 Å². The molecule has 3 N–H and O–H groups in total. The van der Waals surface area contributed by atoms with E-state index in [9.17, 15) is 0 Å². The number of hydrazine groups is 1. The summed E-state index contributed by atoms with van der Waals surface area (Å²) in [7, 11) is 1.82. The maximum atomic E-state index is 6.03. The van der Waals surface area contributed by atoms with Crippen molar-refractivity contribution in [2.75, 3.05) is 26.7 Å². The molecule has 100 valence electrons. The lowest BCUT2D eigenvalue weighted by Crippen LogP contribution is -2.61. The van der Waals surface area contributed by atoms with Crippen molar-refractivity contribution in [3.05, 3.63) is 0 Å². The molecule has 2 unspecified atom stereocenters. The van der Waals surface area contributed by atoms with Gasteiger partial charge < -0.3 is 10.5 Å². The molecule has 1 saturated heterocycles. The first-order valence-electron chi connectivity index (χ1n) is 7.04. The van der Waals surface area contributed by atoms with E-state index in [4.69, 9.17) is 10.5 Å². The second kappa shape index (κ2) is 6.14. The molecule has 0 bridgehead atoms. The van der Waals surface area contributed by atoms with Crippen LogP contribution in [-0.4, -0.2) is 43.4 Å². The molecule has 2 aliphatic rings. The molecular formula is C13H27N3O. The Balaban J connectivity index is 1.92. The van der Waals surface area contributed by atoms with Crippen LogP contribution in [0.2, 0.25) is 0 Å². The van der Waals surface area contributed by atoms with Crippen LogP contribution in [0.4, 0.5) is 0 Å². The number of nitrogens with two attached hydrogens (primary N) is 1. The summed E-state index contributed by atoms with van der Waals surface area (Å²) in [4.78, 5) is 0. The monoisotopic (exact) mass is 241 g/mol. The Kier molecular flexibility index (Phi) is 4.79. The first-order valence-corrected chi connectivity index (χ1v) is 7.04. The minimum atomic E-state index is 0.0796. The van der Waals surface area contributed by atoms with E-state index in [-0.39, 0.29) is 5.54 Å². The van der Waals surface area contributed by atoms with Gasteiger partial charge >= 0.3 is 0 Å². The highest BCUT2D eigenvalue weighted by molar-refractivity contribution is 4.94. The number of piperidine rings is 1. The fourth-order valence-corrected chi connectivity index (χ4v) is 3.18. The molecule has 2 atom stereocenters. The van der Waals surface area contributed by atoms with Gasteiger partial charge in [0.15, 0.2) is 0 Å². The van der Waals surface area contributed by atoms with Crippen molar-refractivity contribution in [3.8, 4) is 0 Å². The zero-order valence-electron chi connectivity index (χ0n) is 11.1. The van der Waals surface area contributed by atoms with Crippen LogP contribution in [0.25, 0.3) is 0 Å². The Morgan fingerprint density at radius 1 is 1.29 bits per heavy atom. The molecule has 0 aromatic carbocycles. The van der Waals surface area contributed by atoms with Crippen molar-refractivity contribution in [1.29, 1.82) is 0 Å². The number of ether oxygens (including phenoxy) is 1. The summed E-state index contributed by atoms with van der Waals surface area (Å²) in [6, 6.07) is 0. The molecule has 4 heteroatoms. The lowest BCUT2D eigenvalue weighted by Gasteiger charge is -2.44. The molecule has 0 spiro atoms. The summed E-state index contributed by atoms with van der Waals surface area (Å²) < 4.78 is 5.52. The number of nitrogens with zero attached hydrogens (tertiary/aromatic N) is 1. The van der Waals surface area contributed by atoms with Gasteiger partial charge in [-0.15, -0.1) is 0 Å². The van der Waals surface area contributed by atoms with Crippen LogP contribution in [-0.2, 0) is 4.74 Å². The van der Waals surface area contributed by atoms with Crippen LogP contribution in [0.3, 0.4) is 0 Å². The van der Waals surface area contributed by atoms with Crippen LogP contribution in [0.15, 0.2) is 0 Å². The number of hydrogen-bond donors (Lipinski definition) is 2. The van der Waals surface area contributed by atoms with E-state index in [0.717, 1.165) is 6.42 Å². The summed E-state index contributed by atoms with van der Waals surface area (Å²) >= 11 is 0. The number of nitrogens with one attached hydrogen (secondary N) is 1. The van der Waals surface area contributed by atoms with Crippen molar-refractivity contribution >= 4 is 0 Å². The Bertz CT molecular complexity index is 231. The van der Waals surface area contributed by atoms with Gasteiger partial charge in [-0.25, -0.2) is 10.4 Å². The average Bonchev–Trinajstić information content (AvgIpc) is 2.40. The standard InChI is InChI=1S/C13H27N3O/c1-17-12-6-5-7-13(10-12,11-14)15-16-8-3-2-4-9-16/h12,15H,2-11,14H2,1H3. The van der Waals surface area contributed by atoms with Gasteiger partial charge in [0.25, 0.3) is 0 Å². The number of methoxy groups -OCH3 is 1. The summed E-state index contributed by atoms with van der Waals surface area (Å²) in [6.07, 6.45) is 8.99. The summed E-state index contributed by atoms with van der Waals surface area (Å²) in [5.74, 6) is 0. The molecule has 1 heterocycles. The molecule has 2 rings (SSSR count). The SMILES string of the molecule is COC1CCCC(CN)(NN2CCCCC2)C1. The van der Waals surface area contributed by atoms with E-state index < -0.39 is 0 Å². The highest BCUT2D eigenvalue weighted by Crippen LogP contribution is 2.30. The highest BCUT2D eigenvalue weighted by atomic mass is 16.5. The molecule has 17 heavy (non-hydrogen) atoms. The third-order valence-electron chi connectivity index (χ3n) is 4.28. The van der Waals surface area contributed by atoms with Crippen LogP contribution >= 0.6 is 0 Å². The Hall–Kier alpha value is -0.160. The van der Waals surface area contributed by atoms with E-state index in [1.807, 2.05) is 7.11 Å². The van der Waals surface area contributed by atoms with Crippen molar-refractivity contribution in [2.24, 2.45) is 5.73 Å². The zero-order valence-corrected chi connectivity index (χ0v) is 11.1. The predicted molar refractivity (Wildman–Crippen MR) is 69.6 cm³/mol. The van der Waals surface area contributed by atoms with E-state index in [1.165, 1.54) is 51.6 Å². The topological polar surface area (TPSA) is 50.5 Å². The molecule has 0 amide bonds. The quantitative estimate of drug-likeness (QED) is 0.778. The third-order valence-corrected chi connectivity index (χ3v) is 4.28. The molecule has 1 aliphatic heterocycles. The van der Waals surface area contributed by atoms with Crippen molar-refractivity contribution < 1.29 is 4.74 Å². The van der Waals surface area contributed by atoms with Gasteiger partial charge in [-0.3, -0.25) is 0 Å². The second-order valence-electron chi connectivity index (χ2n) is 5.60. The smallest absolute Gasteiger partial charge is 0.0590 e. The van der Waals surface area contributed by atoms with Gasteiger partial charge in [-0.1, -0.05) is 6.42 Å². The number of hydrogen-bond acceptors (Lipinski definition) is 4. The molecule has 1 saturated carbocycles. The van der Waals surface area contributed by atoms with Crippen LogP contribution in [0, 0.1) is 0 Å². The fourth-order valence-electron chi connectivity index (χ4n) is 3.18. The van der Waals surface area contributed by atoms with Gasteiger partial charge in [0.05, 0.1) is 6.10 Å². The molecule has 4 nitrogen and oxygen atoms in total. The molecule has 0 radical (unpaired) electrons. The van der Waals surface area contributed by atoms with E-state index >= 15 is 0 Å². The highest BCUT2D eigenvalue weighted by Gasteiger charge is 2.36. The van der Waals surface area contributed by atoms with Gasteiger partial charge in [-0.05, 0) is 38.5 Å². The van der Waals surface area contributed by atoms with Crippen LogP contribution in [0.1, 0.15) is 44.9 Å². The summed E-state index contributed by atoms with van der Waals surface area (Å²) in [5, 5.41) is 2.38. The van der Waals surface area contributed by atoms with Crippen molar-refractivity contribution in [2.45, 2.75) is 56.6 Å². The van der Waals surface area contributed by atoms with E-state index in [2.05, 4.69) is 10.4 Å². The third kappa shape index (κ3) is 3.41. The molecule has 0 aromatic heterocycles. The summed E-state index contributed by atoms with van der Waals surface area (Å²) in [5.41, 5.74) is 9.82. The Morgan fingerprint density at radius 2 is 2.06 bits per heavy atom. The zero-order chi connectivity index (χ0) is 12.1. The van der Waals surface area contributed by atoms with Gasteiger partial charge in [0.2, 0.25) is 0 Å². The minimum Gasteiger partial charge on any atom is -0.381 e. The van der Waals surface area contributed by atoms with Crippen molar-refractivity contribution in [1.82, 2.24) is 10.4 Å². The molecule has 0 aromatic rings. The maximum Gasteiger partial charge on any atom is 0.0590 e. The predicted octanol–water partition coefficient (Wildman–Crippen LogP) is 1.26. The molecule has 1 aliphatic carbocycles. The van der Waals surface area contributed by atoms with Crippen molar-refractivity contribution in [3.63, 3.8) is 0 Å². The van der Waals surface area contributed by atoms with Gasteiger partial charge in [0.1, 0.15) is 0 Å². The number of rotatable bonds is 4. The first kappa shape index (κ1) is 13.3. The van der Waals surface area contributed by atoms with Gasteiger partial charge in [0, 0.05) is 32.3 Å². The van der Waals surface area contributed by atoms with Crippen LogP contribution < -0.4 is 11.2 Å². The maximum absolute atomic E-state index is 6.03. The summed E-state index contributed by atoms with van der Waals surface area (Å²) in [6.45, 7) is 3.04. The Labute approximate surface area is 105 Å². The molecular weight excluding hydrogens is 214 g/mol. The largest absolute Gasteiger partial charge is 0.381 e. The lowest BCUT2D eigenvalue weighted by molar-refractivity contribution is -0.00512. The fraction of sp³-hybridized carbons (Fsp3) is 1.00. The van der Waals surface area contributed by atoms with E-state index in [0.29, 0.717) is 12.6 Å². The molecule has 2 fully saturated rings. The lowest BCUT2D eigenvalue weighted by atomic mass is 9.80. The average molecular weight is 241 g/mol. The minimum absolute atomic E-state index is 0.0796. The van der Waals surface area contributed by atoms with Gasteiger partial charge in [-0.2, -0.15) is 0 Å².